The van der Waals surface area contributed by atoms with Crippen LogP contribution in [0, 0.1) is 0 Å². The zero-order valence-electron chi connectivity index (χ0n) is 5.56. The molecule has 2 N–H and O–H groups in total. The summed E-state index contributed by atoms with van der Waals surface area (Å²) in [5.41, 5.74) is 0.922. The molecule has 0 bridgehead atoms. The van der Waals surface area contributed by atoms with E-state index in [0.717, 1.165) is 5.70 Å². The van der Waals surface area contributed by atoms with Crippen molar-refractivity contribution in [2.75, 3.05) is 0 Å². The van der Waals surface area contributed by atoms with Gasteiger partial charge < -0.3 is 10.6 Å². The Morgan fingerprint density at radius 1 is 1.67 bits per heavy atom. The second kappa shape index (κ2) is 2.09. The molecule has 0 saturated carbocycles. The highest BCUT2D eigenvalue weighted by molar-refractivity contribution is 5.77. The minimum absolute atomic E-state index is 0.109. The summed E-state index contributed by atoms with van der Waals surface area (Å²) >= 11 is 0. The van der Waals surface area contributed by atoms with Gasteiger partial charge in [0, 0.05) is 11.7 Å². The monoisotopic (exact) mass is 126 g/mol. The van der Waals surface area contributed by atoms with Crippen LogP contribution in [0.3, 0.4) is 0 Å². The van der Waals surface area contributed by atoms with Crippen LogP contribution in [-0.2, 0) is 0 Å². The van der Waals surface area contributed by atoms with Gasteiger partial charge in [-0.05, 0) is 19.9 Å². The molecular formula is C6H10N2O. The average molecular weight is 126 g/mol. The fourth-order valence-electron chi connectivity index (χ4n) is 0.880. The van der Waals surface area contributed by atoms with Crippen molar-refractivity contribution < 1.29 is 4.79 Å². The smallest absolute Gasteiger partial charge is 0.319 e. The summed E-state index contributed by atoms with van der Waals surface area (Å²) < 4.78 is 0. The summed E-state index contributed by atoms with van der Waals surface area (Å²) in [7, 11) is 0. The molecule has 0 aromatic heterocycles. The van der Waals surface area contributed by atoms with Crippen LogP contribution in [0.5, 0.6) is 0 Å². The molecule has 1 atom stereocenters. The van der Waals surface area contributed by atoms with E-state index in [4.69, 9.17) is 0 Å². The number of hydrogen-bond donors (Lipinski definition) is 2. The molecule has 1 heterocycles. The molecule has 0 aromatic carbocycles. The normalized spacial score (nSPS) is 26.2. The highest BCUT2D eigenvalue weighted by Crippen LogP contribution is 1.96. The quantitative estimate of drug-likeness (QED) is 0.490. The zero-order valence-corrected chi connectivity index (χ0v) is 5.56. The van der Waals surface area contributed by atoms with Crippen molar-refractivity contribution in [1.82, 2.24) is 10.6 Å². The van der Waals surface area contributed by atoms with Gasteiger partial charge in [0.2, 0.25) is 0 Å². The third-order valence-electron chi connectivity index (χ3n) is 1.17. The minimum Gasteiger partial charge on any atom is -0.332 e. The largest absolute Gasteiger partial charge is 0.332 e. The Labute approximate surface area is 54.1 Å². The third kappa shape index (κ3) is 1.45. The second-order valence-corrected chi connectivity index (χ2v) is 2.24. The van der Waals surface area contributed by atoms with Crippen molar-refractivity contribution >= 4 is 6.03 Å². The predicted octanol–water partition coefficient (Wildman–Crippen LogP) is 0.592. The molecule has 0 spiro atoms. The maximum atomic E-state index is 10.6. The van der Waals surface area contributed by atoms with E-state index in [1.807, 2.05) is 19.9 Å². The Kier molecular flexibility index (Phi) is 1.42. The van der Waals surface area contributed by atoms with Crippen LogP contribution in [0.2, 0.25) is 0 Å². The molecule has 0 aromatic rings. The molecular weight excluding hydrogens is 116 g/mol. The molecule has 3 heteroatoms. The summed E-state index contributed by atoms with van der Waals surface area (Å²) in [4.78, 5) is 10.6. The van der Waals surface area contributed by atoms with Gasteiger partial charge in [0.25, 0.3) is 0 Å². The lowest BCUT2D eigenvalue weighted by atomic mass is 10.2. The van der Waals surface area contributed by atoms with Gasteiger partial charge in [-0.2, -0.15) is 0 Å². The number of rotatable bonds is 0. The van der Waals surface area contributed by atoms with Gasteiger partial charge in [-0.15, -0.1) is 0 Å². The van der Waals surface area contributed by atoms with Crippen LogP contribution in [0.15, 0.2) is 11.8 Å². The van der Waals surface area contributed by atoms with Crippen molar-refractivity contribution in [1.29, 1.82) is 0 Å². The molecule has 0 aliphatic carbocycles. The molecule has 0 radical (unpaired) electrons. The van der Waals surface area contributed by atoms with Gasteiger partial charge in [0.05, 0.1) is 0 Å². The first-order chi connectivity index (χ1) is 4.18. The summed E-state index contributed by atoms with van der Waals surface area (Å²) in [5, 5.41) is 5.30. The molecule has 1 aliphatic rings. The lowest BCUT2D eigenvalue weighted by molar-refractivity contribution is 0.240. The zero-order chi connectivity index (χ0) is 6.85. The molecule has 2 amide bonds. The van der Waals surface area contributed by atoms with E-state index < -0.39 is 0 Å². The number of carbonyl (C=O) groups is 1. The van der Waals surface area contributed by atoms with E-state index >= 15 is 0 Å². The Morgan fingerprint density at radius 2 is 2.33 bits per heavy atom. The highest BCUT2D eigenvalue weighted by atomic mass is 16.2. The predicted molar refractivity (Wildman–Crippen MR) is 34.9 cm³/mol. The molecule has 0 fully saturated rings. The first kappa shape index (κ1) is 6.13. The first-order valence-corrected chi connectivity index (χ1v) is 2.94. The molecule has 3 nitrogen and oxygen atoms in total. The van der Waals surface area contributed by atoms with Crippen molar-refractivity contribution in [3.63, 3.8) is 0 Å². The minimum atomic E-state index is -0.109. The van der Waals surface area contributed by atoms with Crippen molar-refractivity contribution in [2.45, 2.75) is 19.9 Å². The summed E-state index contributed by atoms with van der Waals surface area (Å²) in [5.74, 6) is 0. The van der Waals surface area contributed by atoms with Crippen LogP contribution < -0.4 is 10.6 Å². The van der Waals surface area contributed by atoms with E-state index in [1.165, 1.54) is 0 Å². The van der Waals surface area contributed by atoms with Gasteiger partial charge in [0.15, 0.2) is 0 Å². The number of hydrogen-bond acceptors (Lipinski definition) is 1. The van der Waals surface area contributed by atoms with Crippen molar-refractivity contribution in [2.24, 2.45) is 0 Å². The van der Waals surface area contributed by atoms with E-state index in [-0.39, 0.29) is 12.1 Å². The van der Waals surface area contributed by atoms with E-state index in [1.54, 1.807) is 0 Å². The van der Waals surface area contributed by atoms with Gasteiger partial charge in [-0.25, -0.2) is 4.79 Å². The maximum absolute atomic E-state index is 10.6. The van der Waals surface area contributed by atoms with Crippen LogP contribution in [-0.4, -0.2) is 12.1 Å². The average Bonchev–Trinajstić information content (AvgIpc) is 1.59. The molecule has 0 saturated heterocycles. The van der Waals surface area contributed by atoms with E-state index in [0.29, 0.717) is 0 Å². The highest BCUT2D eigenvalue weighted by Gasteiger charge is 2.09. The lowest BCUT2D eigenvalue weighted by Crippen LogP contribution is -2.43. The first-order valence-electron chi connectivity index (χ1n) is 2.94. The van der Waals surface area contributed by atoms with Crippen molar-refractivity contribution in [3.8, 4) is 0 Å². The number of nitrogens with one attached hydrogen (secondary N) is 2. The Balaban J connectivity index is 2.67. The molecule has 1 unspecified atom stereocenters. The summed E-state index contributed by atoms with van der Waals surface area (Å²) in [6.07, 6.45) is 1.96. The Bertz CT molecular complexity index is 162. The van der Waals surface area contributed by atoms with Gasteiger partial charge in [0.1, 0.15) is 0 Å². The fraction of sp³-hybridized carbons (Fsp3) is 0.500. The number of amides is 2. The van der Waals surface area contributed by atoms with Gasteiger partial charge >= 0.3 is 6.03 Å². The SMILES string of the molecule is CC1=CC(C)NC(=O)N1. The Morgan fingerprint density at radius 3 is 2.78 bits per heavy atom. The number of allylic oxidation sites excluding steroid dienone is 1. The second-order valence-electron chi connectivity index (χ2n) is 2.24. The standard InChI is InChI=1S/C6H10N2O/c1-4-3-5(2)8-6(9)7-4/h3-4H,1-2H3,(H2,7,8,9). The van der Waals surface area contributed by atoms with Crippen LogP contribution in [0.1, 0.15) is 13.8 Å². The third-order valence-corrected chi connectivity index (χ3v) is 1.17. The number of carbonyl (C=O) groups excluding carboxylic acids is 1. The Hall–Kier alpha value is -0.990. The fourth-order valence-corrected chi connectivity index (χ4v) is 0.880. The van der Waals surface area contributed by atoms with E-state index in [2.05, 4.69) is 10.6 Å². The maximum Gasteiger partial charge on any atom is 0.319 e. The summed E-state index contributed by atoms with van der Waals surface area (Å²) in [6.45, 7) is 3.80. The lowest BCUT2D eigenvalue weighted by Gasteiger charge is -2.17. The molecule has 1 aliphatic heterocycles. The van der Waals surface area contributed by atoms with Crippen molar-refractivity contribution in [3.05, 3.63) is 11.8 Å². The molecule has 9 heavy (non-hydrogen) atoms. The number of urea groups is 1. The summed E-state index contributed by atoms with van der Waals surface area (Å²) in [6, 6.07) is 0.0567. The topological polar surface area (TPSA) is 41.1 Å². The molecule has 50 valence electrons. The molecule has 1 rings (SSSR count). The van der Waals surface area contributed by atoms with Crippen LogP contribution in [0.4, 0.5) is 4.79 Å². The van der Waals surface area contributed by atoms with Crippen LogP contribution in [0.25, 0.3) is 0 Å². The van der Waals surface area contributed by atoms with Crippen LogP contribution >= 0.6 is 0 Å². The van der Waals surface area contributed by atoms with E-state index in [9.17, 15) is 4.79 Å². The van der Waals surface area contributed by atoms with Gasteiger partial charge in [-0.1, -0.05) is 0 Å². The van der Waals surface area contributed by atoms with Gasteiger partial charge in [-0.3, -0.25) is 0 Å².